The van der Waals surface area contributed by atoms with E-state index in [1.807, 2.05) is 0 Å². The topological polar surface area (TPSA) is 101 Å². The normalized spacial score (nSPS) is 10.8. The number of benzene rings is 2. The largest absolute Gasteiger partial charge is 0.493 e. The van der Waals surface area contributed by atoms with E-state index in [1.54, 1.807) is 73.6 Å². The molecule has 0 aliphatic rings. The SMILES string of the molecule is COc1cc2ncn(-c3ccc(C(N)=O)c(Oc4ccccc4Cl)n3)c2cc1OC. The number of nitrogens with two attached hydrogens (primary N) is 1. The number of amides is 1. The molecule has 0 atom stereocenters. The Balaban J connectivity index is 1.84. The van der Waals surface area contributed by atoms with Gasteiger partial charge in [-0.2, -0.15) is 4.98 Å². The van der Waals surface area contributed by atoms with Crippen LogP contribution in [0.1, 0.15) is 10.4 Å². The van der Waals surface area contributed by atoms with E-state index in [1.165, 1.54) is 0 Å². The fourth-order valence-electron chi connectivity index (χ4n) is 2.98. The first-order valence-electron chi connectivity index (χ1n) is 8.84. The smallest absolute Gasteiger partial charge is 0.254 e. The van der Waals surface area contributed by atoms with Gasteiger partial charge in [0.15, 0.2) is 11.5 Å². The van der Waals surface area contributed by atoms with Crippen LogP contribution in [-0.2, 0) is 0 Å². The second-order valence-electron chi connectivity index (χ2n) is 6.23. The van der Waals surface area contributed by atoms with Gasteiger partial charge in [-0.25, -0.2) is 4.98 Å². The van der Waals surface area contributed by atoms with E-state index < -0.39 is 5.91 Å². The van der Waals surface area contributed by atoms with Gasteiger partial charge in [-0.05, 0) is 24.3 Å². The summed E-state index contributed by atoms with van der Waals surface area (Å²) in [4.78, 5) is 20.8. The Labute approximate surface area is 176 Å². The first-order chi connectivity index (χ1) is 14.5. The molecule has 2 heterocycles. The predicted octanol–water partition coefficient (Wildman–Crippen LogP) is 3.98. The highest BCUT2D eigenvalue weighted by Gasteiger charge is 2.17. The van der Waals surface area contributed by atoms with E-state index in [0.29, 0.717) is 33.6 Å². The Morgan fingerprint density at radius 1 is 1.03 bits per heavy atom. The number of pyridine rings is 1. The Morgan fingerprint density at radius 3 is 2.47 bits per heavy atom. The molecule has 8 nitrogen and oxygen atoms in total. The number of rotatable bonds is 6. The Morgan fingerprint density at radius 2 is 1.77 bits per heavy atom. The number of imidazole rings is 1. The molecular weight excluding hydrogens is 408 g/mol. The number of fused-ring (bicyclic) bond motifs is 1. The zero-order valence-electron chi connectivity index (χ0n) is 16.1. The zero-order chi connectivity index (χ0) is 21.3. The Kier molecular flexibility index (Phi) is 5.16. The molecule has 152 valence electrons. The third kappa shape index (κ3) is 3.48. The molecule has 2 N–H and O–H groups in total. The fourth-order valence-corrected chi connectivity index (χ4v) is 3.15. The zero-order valence-corrected chi connectivity index (χ0v) is 16.9. The molecule has 2 aromatic heterocycles. The minimum absolute atomic E-state index is 0.0374. The summed E-state index contributed by atoms with van der Waals surface area (Å²) < 4.78 is 18.3. The van der Waals surface area contributed by atoms with Crippen LogP contribution in [0.2, 0.25) is 5.02 Å². The van der Waals surface area contributed by atoms with Crippen molar-refractivity contribution in [3.05, 3.63) is 65.4 Å². The Bertz CT molecular complexity index is 1260. The van der Waals surface area contributed by atoms with Crippen molar-refractivity contribution >= 4 is 28.5 Å². The fraction of sp³-hybridized carbons (Fsp3) is 0.0952. The summed E-state index contributed by atoms with van der Waals surface area (Å²) in [5, 5.41) is 0.380. The van der Waals surface area contributed by atoms with Crippen LogP contribution in [0.3, 0.4) is 0 Å². The molecule has 4 aromatic rings. The second kappa shape index (κ2) is 7.92. The van der Waals surface area contributed by atoms with Gasteiger partial charge < -0.3 is 19.9 Å². The highest BCUT2D eigenvalue weighted by atomic mass is 35.5. The molecule has 9 heteroatoms. The number of carbonyl (C=O) groups excluding carboxylic acids is 1. The third-order valence-corrected chi connectivity index (χ3v) is 4.77. The van der Waals surface area contributed by atoms with Crippen molar-refractivity contribution < 1.29 is 19.0 Å². The Hall–Kier alpha value is -3.78. The quantitative estimate of drug-likeness (QED) is 0.502. The molecule has 2 aromatic carbocycles. The lowest BCUT2D eigenvalue weighted by Crippen LogP contribution is -2.14. The lowest BCUT2D eigenvalue weighted by atomic mass is 10.2. The average molecular weight is 425 g/mol. The number of primary amides is 1. The molecule has 0 spiro atoms. The van der Waals surface area contributed by atoms with Crippen molar-refractivity contribution in [2.45, 2.75) is 0 Å². The van der Waals surface area contributed by atoms with Crippen LogP contribution in [0.4, 0.5) is 0 Å². The van der Waals surface area contributed by atoms with E-state index in [2.05, 4.69) is 9.97 Å². The van der Waals surface area contributed by atoms with Crippen molar-refractivity contribution in [3.63, 3.8) is 0 Å². The van der Waals surface area contributed by atoms with Crippen molar-refractivity contribution in [1.29, 1.82) is 0 Å². The molecule has 4 rings (SSSR count). The summed E-state index contributed by atoms with van der Waals surface area (Å²) in [7, 11) is 3.11. The van der Waals surface area contributed by atoms with Crippen LogP contribution in [0, 0.1) is 0 Å². The molecule has 0 aliphatic heterocycles. The van der Waals surface area contributed by atoms with Crippen LogP contribution in [0.15, 0.2) is 54.9 Å². The van der Waals surface area contributed by atoms with Crippen LogP contribution in [-0.4, -0.2) is 34.7 Å². The summed E-state index contributed by atoms with van der Waals surface area (Å²) in [6, 6.07) is 13.6. The minimum atomic E-state index is -0.669. The molecule has 0 saturated carbocycles. The lowest BCUT2D eigenvalue weighted by molar-refractivity contribution is 0.0997. The number of aromatic nitrogens is 3. The molecule has 30 heavy (non-hydrogen) atoms. The molecular formula is C21H17ClN4O4. The maximum atomic E-state index is 11.9. The van der Waals surface area contributed by atoms with E-state index in [9.17, 15) is 4.79 Å². The first-order valence-corrected chi connectivity index (χ1v) is 9.22. The maximum Gasteiger partial charge on any atom is 0.254 e. The number of hydrogen-bond donors (Lipinski definition) is 1. The van der Waals surface area contributed by atoms with Gasteiger partial charge in [0.2, 0.25) is 5.88 Å². The van der Waals surface area contributed by atoms with Gasteiger partial charge in [-0.3, -0.25) is 9.36 Å². The number of carbonyl (C=O) groups is 1. The second-order valence-corrected chi connectivity index (χ2v) is 6.64. The molecule has 1 amide bonds. The molecule has 0 radical (unpaired) electrons. The monoisotopic (exact) mass is 424 g/mol. The lowest BCUT2D eigenvalue weighted by Gasteiger charge is -2.12. The third-order valence-electron chi connectivity index (χ3n) is 4.45. The number of para-hydroxylation sites is 1. The average Bonchev–Trinajstić information content (AvgIpc) is 3.16. The van der Waals surface area contributed by atoms with Gasteiger partial charge in [0.05, 0.1) is 30.3 Å². The van der Waals surface area contributed by atoms with E-state index in [-0.39, 0.29) is 11.4 Å². The number of halogens is 1. The molecule has 0 unspecified atom stereocenters. The number of ether oxygens (including phenoxy) is 3. The van der Waals surface area contributed by atoms with E-state index in [0.717, 1.165) is 5.52 Å². The van der Waals surface area contributed by atoms with E-state index >= 15 is 0 Å². The predicted molar refractivity (Wildman–Crippen MR) is 112 cm³/mol. The van der Waals surface area contributed by atoms with Gasteiger partial charge in [-0.15, -0.1) is 0 Å². The number of methoxy groups -OCH3 is 2. The standard InChI is InChI=1S/C21H17ClN4O4/c1-28-17-9-14-15(10-18(17)29-2)26(11-24-14)19-8-7-12(20(23)27)21(25-19)30-16-6-4-3-5-13(16)22/h3-11H,1-2H3,(H2,23,27). The minimum Gasteiger partial charge on any atom is -0.493 e. The van der Waals surface area contributed by atoms with Gasteiger partial charge >= 0.3 is 0 Å². The summed E-state index contributed by atoms with van der Waals surface area (Å²) in [5.74, 6) is 1.31. The summed E-state index contributed by atoms with van der Waals surface area (Å²) in [6.45, 7) is 0. The van der Waals surface area contributed by atoms with Crippen molar-refractivity contribution in [2.24, 2.45) is 5.73 Å². The van der Waals surface area contributed by atoms with Crippen molar-refractivity contribution in [2.75, 3.05) is 14.2 Å². The molecule has 0 fully saturated rings. The van der Waals surface area contributed by atoms with Crippen LogP contribution in [0.5, 0.6) is 23.1 Å². The number of hydrogen-bond acceptors (Lipinski definition) is 6. The van der Waals surface area contributed by atoms with Gasteiger partial charge in [0, 0.05) is 12.1 Å². The van der Waals surface area contributed by atoms with E-state index in [4.69, 9.17) is 31.5 Å². The first kappa shape index (κ1) is 19.5. The highest BCUT2D eigenvalue weighted by molar-refractivity contribution is 6.32. The van der Waals surface area contributed by atoms with Gasteiger partial charge in [0.25, 0.3) is 5.91 Å². The van der Waals surface area contributed by atoms with Crippen LogP contribution in [0.25, 0.3) is 16.9 Å². The number of nitrogens with zero attached hydrogens (tertiary/aromatic N) is 3. The highest BCUT2D eigenvalue weighted by Crippen LogP contribution is 2.34. The van der Waals surface area contributed by atoms with Crippen LogP contribution >= 0.6 is 11.6 Å². The summed E-state index contributed by atoms with van der Waals surface area (Å²) >= 11 is 6.18. The summed E-state index contributed by atoms with van der Waals surface area (Å²) in [5.41, 5.74) is 7.04. The van der Waals surface area contributed by atoms with Gasteiger partial charge in [-0.1, -0.05) is 23.7 Å². The summed E-state index contributed by atoms with van der Waals surface area (Å²) in [6.07, 6.45) is 1.61. The van der Waals surface area contributed by atoms with Crippen molar-refractivity contribution in [1.82, 2.24) is 14.5 Å². The van der Waals surface area contributed by atoms with Crippen LogP contribution < -0.4 is 19.9 Å². The molecule has 0 saturated heterocycles. The maximum absolute atomic E-state index is 11.9. The van der Waals surface area contributed by atoms with Gasteiger partial charge in [0.1, 0.15) is 23.5 Å². The molecule has 0 bridgehead atoms. The van der Waals surface area contributed by atoms with Crippen molar-refractivity contribution in [3.8, 4) is 28.9 Å². The molecule has 0 aliphatic carbocycles.